The van der Waals surface area contributed by atoms with E-state index in [0.717, 1.165) is 31.7 Å². The van der Waals surface area contributed by atoms with Crippen LogP contribution < -0.4 is 5.73 Å². The lowest BCUT2D eigenvalue weighted by atomic mass is 10.1. The van der Waals surface area contributed by atoms with Crippen molar-refractivity contribution in [2.24, 2.45) is 0 Å². The Morgan fingerprint density at radius 2 is 2.00 bits per heavy atom. The Morgan fingerprint density at radius 1 is 1.20 bits per heavy atom. The van der Waals surface area contributed by atoms with Crippen LogP contribution in [0.2, 0.25) is 0 Å². The fourth-order valence-electron chi connectivity index (χ4n) is 2.25. The number of aromatic nitrogens is 3. The molecule has 0 aliphatic carbocycles. The molecule has 20 heavy (non-hydrogen) atoms. The molecule has 5 heteroatoms. The second-order valence-electron chi connectivity index (χ2n) is 4.92. The molecule has 102 valence electrons. The summed E-state index contributed by atoms with van der Waals surface area (Å²) >= 11 is 2.23. The standard InChI is InChI=1S/C15H15IN4/c1-9-3-5-12-7-11(4-6-13(12)18-9)8-20-15(17)14(16)10(2)19-20/h3-7H,8,17H2,1-2H3. The van der Waals surface area contributed by atoms with Crippen LogP contribution in [0.1, 0.15) is 17.0 Å². The average Bonchev–Trinajstić information content (AvgIpc) is 2.66. The number of nitrogens with zero attached hydrogens (tertiary/aromatic N) is 3. The fourth-order valence-corrected chi connectivity index (χ4v) is 2.63. The monoisotopic (exact) mass is 378 g/mol. The lowest BCUT2D eigenvalue weighted by molar-refractivity contribution is 0.690. The number of benzene rings is 1. The molecule has 4 nitrogen and oxygen atoms in total. The molecule has 2 heterocycles. The number of hydrogen-bond donors (Lipinski definition) is 1. The highest BCUT2D eigenvalue weighted by Crippen LogP contribution is 2.21. The first kappa shape index (κ1) is 13.4. The van der Waals surface area contributed by atoms with E-state index >= 15 is 0 Å². The van der Waals surface area contributed by atoms with E-state index in [1.54, 1.807) is 0 Å². The molecule has 0 fully saturated rings. The summed E-state index contributed by atoms with van der Waals surface area (Å²) in [6, 6.07) is 10.4. The van der Waals surface area contributed by atoms with E-state index in [0.29, 0.717) is 6.54 Å². The SMILES string of the molecule is Cc1ccc2cc(Cn3nc(C)c(I)c3N)ccc2n1. The van der Waals surface area contributed by atoms with E-state index in [1.807, 2.05) is 24.6 Å². The highest BCUT2D eigenvalue weighted by atomic mass is 127. The minimum absolute atomic E-state index is 0.680. The van der Waals surface area contributed by atoms with Gasteiger partial charge in [0.1, 0.15) is 5.82 Å². The van der Waals surface area contributed by atoms with Gasteiger partial charge in [-0.3, -0.25) is 4.98 Å². The van der Waals surface area contributed by atoms with Crippen LogP contribution >= 0.6 is 22.6 Å². The third kappa shape index (κ3) is 2.37. The smallest absolute Gasteiger partial charge is 0.135 e. The molecule has 3 rings (SSSR count). The molecule has 0 aliphatic heterocycles. The van der Waals surface area contributed by atoms with Crippen molar-refractivity contribution in [1.29, 1.82) is 0 Å². The third-order valence-electron chi connectivity index (χ3n) is 3.32. The minimum Gasteiger partial charge on any atom is -0.383 e. The van der Waals surface area contributed by atoms with Gasteiger partial charge in [0.05, 0.1) is 21.3 Å². The van der Waals surface area contributed by atoms with Gasteiger partial charge in [0.25, 0.3) is 0 Å². The number of fused-ring (bicyclic) bond motifs is 1. The number of pyridine rings is 1. The van der Waals surface area contributed by atoms with Gasteiger partial charge >= 0.3 is 0 Å². The Balaban J connectivity index is 1.98. The topological polar surface area (TPSA) is 56.7 Å². The van der Waals surface area contributed by atoms with Crippen LogP contribution in [-0.2, 0) is 6.54 Å². The zero-order valence-electron chi connectivity index (χ0n) is 11.4. The molecule has 0 unspecified atom stereocenters. The van der Waals surface area contributed by atoms with E-state index in [1.165, 1.54) is 5.56 Å². The van der Waals surface area contributed by atoms with Crippen LogP contribution in [-0.4, -0.2) is 14.8 Å². The molecule has 3 aromatic rings. The van der Waals surface area contributed by atoms with Crippen molar-refractivity contribution in [2.75, 3.05) is 5.73 Å². The second kappa shape index (κ2) is 5.05. The molecule has 0 atom stereocenters. The summed E-state index contributed by atoms with van der Waals surface area (Å²) in [5.41, 5.74) is 10.3. The summed E-state index contributed by atoms with van der Waals surface area (Å²) < 4.78 is 2.88. The Labute approximate surface area is 131 Å². The number of nitrogens with two attached hydrogens (primary N) is 1. The molecule has 0 radical (unpaired) electrons. The maximum absolute atomic E-state index is 6.06. The Morgan fingerprint density at radius 3 is 2.70 bits per heavy atom. The van der Waals surface area contributed by atoms with Crippen molar-refractivity contribution in [2.45, 2.75) is 20.4 Å². The predicted octanol–water partition coefficient (Wildman–Crippen LogP) is 3.28. The van der Waals surface area contributed by atoms with Crippen molar-refractivity contribution < 1.29 is 0 Å². The van der Waals surface area contributed by atoms with Crippen LogP contribution in [0.5, 0.6) is 0 Å². The summed E-state index contributed by atoms with van der Waals surface area (Å²) in [7, 11) is 0. The van der Waals surface area contributed by atoms with Crippen LogP contribution in [0.25, 0.3) is 10.9 Å². The number of nitrogen functional groups attached to an aromatic ring is 1. The first-order valence-corrected chi connectivity index (χ1v) is 7.47. The quantitative estimate of drug-likeness (QED) is 0.697. The highest BCUT2D eigenvalue weighted by Gasteiger charge is 2.10. The van der Waals surface area contributed by atoms with Gasteiger partial charge in [-0.15, -0.1) is 0 Å². The number of hydrogen-bond acceptors (Lipinski definition) is 3. The number of halogens is 1. The summed E-state index contributed by atoms with van der Waals surface area (Å²) in [5.74, 6) is 0.727. The fraction of sp³-hybridized carbons (Fsp3) is 0.200. The van der Waals surface area contributed by atoms with Crippen molar-refractivity contribution in [3.05, 3.63) is 50.9 Å². The van der Waals surface area contributed by atoms with Crippen LogP contribution in [0, 0.1) is 17.4 Å². The van der Waals surface area contributed by atoms with E-state index < -0.39 is 0 Å². The predicted molar refractivity (Wildman–Crippen MR) is 89.7 cm³/mol. The third-order valence-corrected chi connectivity index (χ3v) is 4.65. The normalized spacial score (nSPS) is 11.2. The van der Waals surface area contributed by atoms with E-state index in [4.69, 9.17) is 5.73 Å². The summed E-state index contributed by atoms with van der Waals surface area (Å²) in [5, 5.41) is 5.61. The molecule has 2 N–H and O–H groups in total. The highest BCUT2D eigenvalue weighted by molar-refractivity contribution is 14.1. The van der Waals surface area contributed by atoms with E-state index in [2.05, 4.69) is 56.9 Å². The molecular weight excluding hydrogens is 363 g/mol. The minimum atomic E-state index is 0.680. The molecular formula is C15H15IN4. The van der Waals surface area contributed by atoms with Crippen LogP contribution in [0.15, 0.2) is 30.3 Å². The van der Waals surface area contributed by atoms with Crippen molar-refractivity contribution in [3.63, 3.8) is 0 Å². The van der Waals surface area contributed by atoms with Gasteiger partial charge in [0, 0.05) is 11.1 Å². The molecule has 0 saturated carbocycles. The van der Waals surface area contributed by atoms with Gasteiger partial charge in [0.15, 0.2) is 0 Å². The summed E-state index contributed by atoms with van der Waals surface area (Å²) in [6.07, 6.45) is 0. The Kier molecular flexibility index (Phi) is 3.37. The Hall–Kier alpha value is -1.63. The lowest BCUT2D eigenvalue weighted by Gasteiger charge is -2.06. The second-order valence-corrected chi connectivity index (χ2v) is 6.00. The first-order valence-electron chi connectivity index (χ1n) is 6.39. The van der Waals surface area contributed by atoms with Gasteiger partial charge < -0.3 is 5.73 Å². The number of aryl methyl sites for hydroxylation is 2. The molecule has 0 bridgehead atoms. The molecule has 2 aromatic heterocycles. The largest absolute Gasteiger partial charge is 0.383 e. The Bertz CT molecular complexity index is 792. The average molecular weight is 378 g/mol. The van der Waals surface area contributed by atoms with Gasteiger partial charge in [0.2, 0.25) is 0 Å². The molecule has 1 aromatic carbocycles. The van der Waals surface area contributed by atoms with Crippen molar-refractivity contribution in [3.8, 4) is 0 Å². The van der Waals surface area contributed by atoms with Crippen LogP contribution in [0.4, 0.5) is 5.82 Å². The van der Waals surface area contributed by atoms with E-state index in [-0.39, 0.29) is 0 Å². The van der Waals surface area contributed by atoms with Crippen molar-refractivity contribution in [1.82, 2.24) is 14.8 Å². The molecule has 0 amide bonds. The number of rotatable bonds is 2. The van der Waals surface area contributed by atoms with Crippen molar-refractivity contribution >= 4 is 39.3 Å². The number of anilines is 1. The first-order chi connectivity index (χ1) is 9.54. The molecule has 0 spiro atoms. The zero-order chi connectivity index (χ0) is 14.3. The van der Waals surface area contributed by atoms with E-state index in [9.17, 15) is 0 Å². The lowest BCUT2D eigenvalue weighted by Crippen LogP contribution is -2.06. The molecule has 0 aliphatic rings. The zero-order valence-corrected chi connectivity index (χ0v) is 13.5. The summed E-state index contributed by atoms with van der Waals surface area (Å²) in [6.45, 7) is 4.66. The van der Waals surface area contributed by atoms with Gasteiger partial charge in [-0.1, -0.05) is 12.1 Å². The maximum Gasteiger partial charge on any atom is 0.135 e. The van der Waals surface area contributed by atoms with Gasteiger partial charge in [-0.25, -0.2) is 4.68 Å². The summed E-state index contributed by atoms with van der Waals surface area (Å²) in [4.78, 5) is 4.51. The molecule has 0 saturated heterocycles. The maximum atomic E-state index is 6.06. The van der Waals surface area contributed by atoms with Gasteiger partial charge in [-0.05, 0) is 60.2 Å². The van der Waals surface area contributed by atoms with Gasteiger partial charge in [-0.2, -0.15) is 5.10 Å². The van der Waals surface area contributed by atoms with Crippen LogP contribution in [0.3, 0.4) is 0 Å².